The van der Waals surface area contributed by atoms with E-state index in [0.717, 1.165) is 44.3 Å². The highest BCUT2D eigenvalue weighted by atomic mass is 16.6. The molecule has 0 fully saturated rings. The minimum absolute atomic E-state index is 0.0794. The summed E-state index contributed by atoms with van der Waals surface area (Å²) in [5.74, 6) is -2.30. The SMILES string of the molecule is C=CCC=CC/C=C\C/C=C\C/C=C\C/C=C\CCC(=O)NCCCC[C@H](NC(=O)/C=C/C(=O)OCC)C(=O)OC(CO)CO. The monoisotopic (exact) mass is 628 g/mol. The number of ether oxygens (including phenoxy) is 2. The molecule has 0 bridgehead atoms. The first kappa shape index (κ1) is 41.0. The van der Waals surface area contributed by atoms with Gasteiger partial charge in [0.1, 0.15) is 12.1 Å². The van der Waals surface area contributed by atoms with Crippen molar-refractivity contribution in [3.05, 3.63) is 85.6 Å². The number of hydrogen-bond acceptors (Lipinski definition) is 8. The zero-order valence-electron chi connectivity index (χ0n) is 26.6. The second-order valence-corrected chi connectivity index (χ2v) is 9.78. The van der Waals surface area contributed by atoms with Crippen molar-refractivity contribution < 1.29 is 38.9 Å². The maximum absolute atomic E-state index is 12.5. The molecule has 0 radical (unpaired) electrons. The zero-order valence-corrected chi connectivity index (χ0v) is 26.6. The fourth-order valence-corrected chi connectivity index (χ4v) is 3.58. The van der Waals surface area contributed by atoms with Crippen LogP contribution in [0, 0.1) is 0 Å². The summed E-state index contributed by atoms with van der Waals surface area (Å²) >= 11 is 0. The van der Waals surface area contributed by atoms with Gasteiger partial charge in [0.25, 0.3) is 0 Å². The lowest BCUT2D eigenvalue weighted by atomic mass is 10.1. The number of unbranched alkanes of at least 4 members (excludes halogenated alkanes) is 1. The Bertz CT molecular complexity index is 1020. The van der Waals surface area contributed by atoms with Crippen LogP contribution >= 0.6 is 0 Å². The molecule has 0 aromatic carbocycles. The summed E-state index contributed by atoms with van der Waals surface area (Å²) in [7, 11) is 0. The van der Waals surface area contributed by atoms with E-state index in [1.54, 1.807) is 6.92 Å². The summed E-state index contributed by atoms with van der Waals surface area (Å²) in [5.41, 5.74) is 0. The number of esters is 2. The van der Waals surface area contributed by atoms with Gasteiger partial charge >= 0.3 is 11.9 Å². The molecule has 0 rings (SSSR count). The first-order valence-electron chi connectivity index (χ1n) is 15.6. The molecule has 0 aromatic rings. The highest BCUT2D eigenvalue weighted by Gasteiger charge is 2.24. The van der Waals surface area contributed by atoms with Crippen molar-refractivity contribution in [2.24, 2.45) is 0 Å². The Kier molecular flexibility index (Phi) is 27.3. The third-order valence-corrected chi connectivity index (χ3v) is 5.95. The second-order valence-electron chi connectivity index (χ2n) is 9.78. The Labute approximate surface area is 268 Å². The minimum Gasteiger partial charge on any atom is -0.463 e. The van der Waals surface area contributed by atoms with Crippen molar-refractivity contribution in [3.8, 4) is 0 Å². The van der Waals surface area contributed by atoms with Gasteiger partial charge in [-0.1, -0.05) is 66.8 Å². The number of allylic oxidation sites excluding steroid dienone is 11. The predicted octanol–water partition coefficient (Wildman–Crippen LogP) is 4.47. The van der Waals surface area contributed by atoms with Crippen LogP contribution in [-0.2, 0) is 28.7 Å². The van der Waals surface area contributed by atoms with Gasteiger partial charge in [-0.3, -0.25) is 9.59 Å². The molecule has 1 atom stereocenters. The molecular weight excluding hydrogens is 576 g/mol. The molecule has 10 heteroatoms. The molecule has 10 nitrogen and oxygen atoms in total. The summed E-state index contributed by atoms with van der Waals surface area (Å²) in [6.45, 7) is 4.72. The Balaban J connectivity index is 4.27. The molecule has 250 valence electrons. The van der Waals surface area contributed by atoms with Crippen LogP contribution in [0.15, 0.2) is 85.6 Å². The molecule has 0 spiro atoms. The van der Waals surface area contributed by atoms with Gasteiger partial charge in [0.2, 0.25) is 11.8 Å². The summed E-state index contributed by atoms with van der Waals surface area (Å²) < 4.78 is 9.75. The zero-order chi connectivity index (χ0) is 33.4. The van der Waals surface area contributed by atoms with Crippen LogP contribution in [0.25, 0.3) is 0 Å². The van der Waals surface area contributed by atoms with Gasteiger partial charge in [-0.2, -0.15) is 0 Å². The van der Waals surface area contributed by atoms with E-state index in [9.17, 15) is 29.4 Å². The first-order valence-corrected chi connectivity index (χ1v) is 15.6. The quantitative estimate of drug-likeness (QED) is 0.0474. The van der Waals surface area contributed by atoms with Crippen molar-refractivity contribution >= 4 is 23.8 Å². The average molecular weight is 629 g/mol. The van der Waals surface area contributed by atoms with Crippen LogP contribution in [0.4, 0.5) is 0 Å². The topological polar surface area (TPSA) is 151 Å². The third-order valence-electron chi connectivity index (χ3n) is 5.95. The summed E-state index contributed by atoms with van der Waals surface area (Å²) in [5, 5.41) is 23.7. The number of rotatable bonds is 26. The van der Waals surface area contributed by atoms with Crippen LogP contribution in [0.5, 0.6) is 0 Å². The maximum atomic E-state index is 12.5. The Morgan fingerprint density at radius 3 is 1.87 bits per heavy atom. The van der Waals surface area contributed by atoms with Crippen molar-refractivity contribution in [1.82, 2.24) is 10.6 Å². The van der Waals surface area contributed by atoms with E-state index in [-0.39, 0.29) is 18.9 Å². The van der Waals surface area contributed by atoms with Gasteiger partial charge in [0.15, 0.2) is 0 Å². The van der Waals surface area contributed by atoms with Crippen LogP contribution in [0.2, 0.25) is 0 Å². The number of carbonyl (C=O) groups excluding carboxylic acids is 4. The lowest BCUT2D eigenvalue weighted by Gasteiger charge is -2.20. The second kappa shape index (κ2) is 30.0. The molecule has 4 N–H and O–H groups in total. The fraction of sp³-hybridized carbons (Fsp3) is 0.486. The molecule has 0 aliphatic rings. The molecule has 0 unspecified atom stereocenters. The lowest BCUT2D eigenvalue weighted by molar-refractivity contribution is -0.157. The molecular formula is C35H52N2O8. The third kappa shape index (κ3) is 26.1. The van der Waals surface area contributed by atoms with E-state index in [4.69, 9.17) is 9.47 Å². The van der Waals surface area contributed by atoms with Crippen molar-refractivity contribution in [2.75, 3.05) is 26.4 Å². The minimum atomic E-state index is -1.11. The van der Waals surface area contributed by atoms with E-state index < -0.39 is 43.2 Å². The Morgan fingerprint density at radius 1 is 0.778 bits per heavy atom. The number of amides is 2. The molecule has 2 amide bonds. The number of nitrogens with one attached hydrogen (secondary N) is 2. The largest absolute Gasteiger partial charge is 0.463 e. The van der Waals surface area contributed by atoms with Gasteiger partial charge < -0.3 is 30.3 Å². The number of hydrogen-bond donors (Lipinski definition) is 4. The molecule has 0 saturated carbocycles. The van der Waals surface area contributed by atoms with E-state index in [0.29, 0.717) is 32.2 Å². The van der Waals surface area contributed by atoms with E-state index in [1.807, 2.05) is 18.2 Å². The Hall–Kier alpha value is -4.02. The molecule has 0 heterocycles. The van der Waals surface area contributed by atoms with E-state index >= 15 is 0 Å². The van der Waals surface area contributed by atoms with Gasteiger partial charge in [-0.15, -0.1) is 6.58 Å². The number of aliphatic hydroxyl groups is 2. The van der Waals surface area contributed by atoms with Gasteiger partial charge in [-0.25, -0.2) is 9.59 Å². The smallest absolute Gasteiger partial charge is 0.330 e. The molecule has 0 saturated heterocycles. The normalized spacial score (nSPS) is 12.7. The highest BCUT2D eigenvalue weighted by molar-refractivity contribution is 5.96. The molecule has 0 aliphatic carbocycles. The van der Waals surface area contributed by atoms with Crippen LogP contribution in [-0.4, -0.2) is 72.5 Å². The molecule has 0 aliphatic heterocycles. The number of carbonyl (C=O) groups is 4. The Morgan fingerprint density at radius 2 is 1.33 bits per heavy atom. The van der Waals surface area contributed by atoms with Crippen molar-refractivity contribution in [1.29, 1.82) is 0 Å². The number of aliphatic hydroxyl groups excluding tert-OH is 2. The predicted molar refractivity (Wildman–Crippen MR) is 177 cm³/mol. The fourth-order valence-electron chi connectivity index (χ4n) is 3.58. The molecule has 45 heavy (non-hydrogen) atoms. The van der Waals surface area contributed by atoms with Crippen LogP contribution < -0.4 is 10.6 Å². The van der Waals surface area contributed by atoms with Gasteiger partial charge in [0.05, 0.1) is 19.8 Å². The van der Waals surface area contributed by atoms with E-state index in [1.165, 1.54) is 0 Å². The maximum Gasteiger partial charge on any atom is 0.330 e. The summed E-state index contributed by atoms with van der Waals surface area (Å²) in [6.07, 6.45) is 30.4. The van der Waals surface area contributed by atoms with Crippen molar-refractivity contribution in [2.45, 2.75) is 83.3 Å². The van der Waals surface area contributed by atoms with Gasteiger partial charge in [0, 0.05) is 25.1 Å². The molecule has 0 aromatic heterocycles. The highest BCUT2D eigenvalue weighted by Crippen LogP contribution is 2.06. The van der Waals surface area contributed by atoms with E-state index in [2.05, 4.69) is 65.8 Å². The average Bonchev–Trinajstić information content (AvgIpc) is 3.03. The standard InChI is InChI=1S/C35H52N2O8/c1-3-5-6-7-8-9-10-11-12-13-14-15-16-17-18-19-20-24-32(40)36-27-22-21-23-31(35(43)45-30(28-38)29-39)37-33(41)25-26-34(42)44-4-2/h3,6-7,9-10,12-13,15-16,18-19,25-26,30-31,38-39H,1,4-5,8,11,14,17,20-24,27-29H2,2H3,(H,36,40)(H,37,41)/b7-6?,10-9-,13-12-,16-15-,19-18-,26-25+/t31-/m0/s1. The van der Waals surface area contributed by atoms with Gasteiger partial charge in [-0.05, 0) is 64.7 Å². The first-order chi connectivity index (χ1) is 21.9. The van der Waals surface area contributed by atoms with Crippen molar-refractivity contribution in [3.63, 3.8) is 0 Å². The van der Waals surface area contributed by atoms with Crippen LogP contribution in [0.3, 0.4) is 0 Å². The van der Waals surface area contributed by atoms with Crippen LogP contribution in [0.1, 0.15) is 71.1 Å². The summed E-state index contributed by atoms with van der Waals surface area (Å²) in [6, 6.07) is -1.07. The lowest BCUT2D eigenvalue weighted by Crippen LogP contribution is -2.43. The summed E-state index contributed by atoms with van der Waals surface area (Å²) in [4.78, 5) is 48.2.